The van der Waals surface area contributed by atoms with E-state index in [4.69, 9.17) is 16.3 Å². The van der Waals surface area contributed by atoms with Gasteiger partial charge in [-0.1, -0.05) is 23.7 Å². The van der Waals surface area contributed by atoms with Gasteiger partial charge in [-0.25, -0.2) is 0 Å². The van der Waals surface area contributed by atoms with Crippen LogP contribution in [0.1, 0.15) is 5.56 Å². The number of benzene rings is 1. The molecular formula is C13H17ClN2O2. The summed E-state index contributed by atoms with van der Waals surface area (Å²) >= 11 is 6.06. The zero-order valence-electron chi connectivity index (χ0n) is 10.3. The van der Waals surface area contributed by atoms with Crippen molar-refractivity contribution < 1.29 is 9.53 Å². The van der Waals surface area contributed by atoms with Gasteiger partial charge in [0.05, 0.1) is 13.7 Å². The van der Waals surface area contributed by atoms with E-state index >= 15 is 0 Å². The van der Waals surface area contributed by atoms with Gasteiger partial charge in [-0.05, 0) is 12.1 Å². The number of carbonyl (C=O) groups excluding carboxylic acids is 1. The smallest absolute Gasteiger partial charge is 0.234 e. The van der Waals surface area contributed by atoms with Crippen molar-refractivity contribution in [2.45, 2.75) is 6.54 Å². The zero-order chi connectivity index (χ0) is 13.4. The number of amides is 1. The first-order valence-corrected chi connectivity index (χ1v) is 5.96. The minimum Gasteiger partial charge on any atom is -0.496 e. The highest BCUT2D eigenvalue weighted by molar-refractivity contribution is 6.31. The molecule has 2 N–H and O–H groups in total. The Morgan fingerprint density at radius 3 is 3.00 bits per heavy atom. The van der Waals surface area contributed by atoms with Crippen molar-refractivity contribution in [2.75, 3.05) is 20.2 Å². The van der Waals surface area contributed by atoms with Gasteiger partial charge in [-0.2, -0.15) is 0 Å². The van der Waals surface area contributed by atoms with E-state index in [1.54, 1.807) is 25.3 Å². The summed E-state index contributed by atoms with van der Waals surface area (Å²) in [6.07, 6.45) is 1.70. The van der Waals surface area contributed by atoms with Crippen LogP contribution in [0.2, 0.25) is 5.02 Å². The van der Waals surface area contributed by atoms with Crippen molar-refractivity contribution in [3.63, 3.8) is 0 Å². The average molecular weight is 269 g/mol. The second kappa shape index (κ2) is 7.74. The maximum absolute atomic E-state index is 11.5. The first kappa shape index (κ1) is 14.5. The quantitative estimate of drug-likeness (QED) is 0.585. The summed E-state index contributed by atoms with van der Waals surface area (Å²) in [7, 11) is 1.57. The van der Waals surface area contributed by atoms with Crippen LogP contribution in [0.15, 0.2) is 30.9 Å². The molecule has 5 heteroatoms. The number of hydrogen-bond acceptors (Lipinski definition) is 3. The van der Waals surface area contributed by atoms with E-state index in [9.17, 15) is 4.79 Å². The Labute approximate surface area is 112 Å². The van der Waals surface area contributed by atoms with Crippen LogP contribution in [0.5, 0.6) is 5.75 Å². The largest absolute Gasteiger partial charge is 0.496 e. The third-order valence-electron chi connectivity index (χ3n) is 2.33. The summed E-state index contributed by atoms with van der Waals surface area (Å²) < 4.78 is 5.19. The first-order chi connectivity index (χ1) is 8.69. The lowest BCUT2D eigenvalue weighted by molar-refractivity contribution is -0.120. The Hall–Kier alpha value is -1.52. The molecule has 0 aliphatic carbocycles. The van der Waals surface area contributed by atoms with Crippen LogP contribution in [0.3, 0.4) is 0 Å². The summed E-state index contributed by atoms with van der Waals surface area (Å²) in [5.74, 6) is 0.570. The first-order valence-electron chi connectivity index (χ1n) is 5.58. The summed E-state index contributed by atoms with van der Waals surface area (Å²) in [5.41, 5.74) is 0.777. The predicted molar refractivity (Wildman–Crippen MR) is 72.9 cm³/mol. The van der Waals surface area contributed by atoms with Gasteiger partial charge in [-0.15, -0.1) is 6.58 Å². The van der Waals surface area contributed by atoms with E-state index in [-0.39, 0.29) is 12.5 Å². The lowest BCUT2D eigenvalue weighted by Crippen LogP contribution is -2.33. The third-order valence-corrected chi connectivity index (χ3v) is 2.69. The monoisotopic (exact) mass is 268 g/mol. The van der Waals surface area contributed by atoms with Crippen LogP contribution in [0, 0.1) is 0 Å². The van der Waals surface area contributed by atoms with E-state index in [1.165, 1.54) is 0 Å². The van der Waals surface area contributed by atoms with Gasteiger partial charge in [0.15, 0.2) is 0 Å². The molecule has 0 bridgehead atoms. The second-order valence-electron chi connectivity index (χ2n) is 3.62. The number of methoxy groups -OCH3 is 1. The Kier molecular flexibility index (Phi) is 6.25. The normalized spacial score (nSPS) is 9.89. The summed E-state index contributed by atoms with van der Waals surface area (Å²) in [6, 6.07) is 5.38. The van der Waals surface area contributed by atoms with E-state index in [0.29, 0.717) is 23.9 Å². The van der Waals surface area contributed by atoms with Crippen molar-refractivity contribution in [1.29, 1.82) is 0 Å². The zero-order valence-corrected chi connectivity index (χ0v) is 11.1. The van der Waals surface area contributed by atoms with Crippen molar-refractivity contribution in [3.05, 3.63) is 41.4 Å². The maximum atomic E-state index is 11.5. The van der Waals surface area contributed by atoms with Crippen LogP contribution < -0.4 is 15.4 Å². The van der Waals surface area contributed by atoms with Gasteiger partial charge in [0.25, 0.3) is 0 Å². The van der Waals surface area contributed by atoms with Gasteiger partial charge in [0, 0.05) is 23.7 Å². The van der Waals surface area contributed by atoms with E-state index in [1.807, 2.05) is 6.07 Å². The number of nitrogens with one attached hydrogen (secondary N) is 2. The fraction of sp³-hybridized carbons (Fsp3) is 0.308. The minimum atomic E-state index is -0.0983. The number of hydrogen-bond donors (Lipinski definition) is 2. The lowest BCUT2D eigenvalue weighted by Gasteiger charge is -2.11. The molecule has 0 radical (unpaired) electrons. The molecule has 0 saturated heterocycles. The molecule has 0 atom stereocenters. The molecule has 0 saturated carbocycles. The van der Waals surface area contributed by atoms with Gasteiger partial charge < -0.3 is 15.4 Å². The standard InChI is InChI=1S/C13H17ClN2O2/c1-3-7-15-9-13(17)16-8-10-11(14)5-4-6-12(10)18-2/h3-6,15H,1,7-9H2,2H3,(H,16,17). The molecular weight excluding hydrogens is 252 g/mol. The molecule has 0 unspecified atom stereocenters. The third kappa shape index (κ3) is 4.39. The SMILES string of the molecule is C=CCNCC(=O)NCc1c(Cl)cccc1OC. The fourth-order valence-corrected chi connectivity index (χ4v) is 1.67. The number of rotatable bonds is 7. The van der Waals surface area contributed by atoms with E-state index in [0.717, 1.165) is 5.56 Å². The Morgan fingerprint density at radius 2 is 2.33 bits per heavy atom. The molecule has 0 aliphatic heterocycles. The Balaban J connectivity index is 2.52. The molecule has 1 rings (SSSR count). The maximum Gasteiger partial charge on any atom is 0.234 e. The molecule has 4 nitrogen and oxygen atoms in total. The van der Waals surface area contributed by atoms with Gasteiger partial charge in [0.2, 0.25) is 5.91 Å². The number of halogens is 1. The van der Waals surface area contributed by atoms with Crippen molar-refractivity contribution >= 4 is 17.5 Å². The molecule has 0 aromatic heterocycles. The van der Waals surface area contributed by atoms with Crippen LogP contribution in [-0.2, 0) is 11.3 Å². The summed E-state index contributed by atoms with van der Waals surface area (Å²) in [5, 5.41) is 6.27. The van der Waals surface area contributed by atoms with Gasteiger partial charge >= 0.3 is 0 Å². The highest BCUT2D eigenvalue weighted by atomic mass is 35.5. The molecule has 0 spiro atoms. The van der Waals surface area contributed by atoms with Crippen molar-refractivity contribution in [2.24, 2.45) is 0 Å². The molecule has 1 aromatic carbocycles. The topological polar surface area (TPSA) is 50.4 Å². The van der Waals surface area contributed by atoms with Gasteiger partial charge in [0.1, 0.15) is 5.75 Å². The van der Waals surface area contributed by atoms with Crippen LogP contribution in [0.4, 0.5) is 0 Å². The molecule has 98 valence electrons. The van der Waals surface area contributed by atoms with Crippen LogP contribution >= 0.6 is 11.6 Å². The molecule has 0 aliphatic rings. The van der Waals surface area contributed by atoms with Crippen molar-refractivity contribution in [3.8, 4) is 5.75 Å². The molecule has 18 heavy (non-hydrogen) atoms. The van der Waals surface area contributed by atoms with E-state index in [2.05, 4.69) is 17.2 Å². The Bertz CT molecular complexity index is 421. The highest BCUT2D eigenvalue weighted by Crippen LogP contribution is 2.25. The van der Waals surface area contributed by atoms with E-state index < -0.39 is 0 Å². The summed E-state index contributed by atoms with van der Waals surface area (Å²) in [6.45, 7) is 4.75. The van der Waals surface area contributed by atoms with Crippen LogP contribution in [-0.4, -0.2) is 26.1 Å². The lowest BCUT2D eigenvalue weighted by atomic mass is 10.2. The Morgan fingerprint density at radius 1 is 1.56 bits per heavy atom. The molecule has 0 fully saturated rings. The number of carbonyl (C=O) groups is 1. The van der Waals surface area contributed by atoms with Crippen molar-refractivity contribution in [1.82, 2.24) is 10.6 Å². The highest BCUT2D eigenvalue weighted by Gasteiger charge is 2.08. The average Bonchev–Trinajstić information content (AvgIpc) is 2.37. The molecule has 1 aromatic rings. The van der Waals surface area contributed by atoms with Gasteiger partial charge in [-0.3, -0.25) is 4.79 Å². The minimum absolute atomic E-state index is 0.0983. The number of ether oxygens (including phenoxy) is 1. The predicted octanol–water partition coefficient (Wildman–Crippen LogP) is 1.74. The molecule has 1 amide bonds. The summed E-state index contributed by atoms with van der Waals surface area (Å²) in [4.78, 5) is 11.5. The fourth-order valence-electron chi connectivity index (χ4n) is 1.44. The molecule has 0 heterocycles. The second-order valence-corrected chi connectivity index (χ2v) is 4.02. The van der Waals surface area contributed by atoms with Crippen LogP contribution in [0.25, 0.3) is 0 Å².